The molecule has 0 saturated heterocycles. The van der Waals surface area contributed by atoms with E-state index in [-0.39, 0.29) is 12.0 Å². The summed E-state index contributed by atoms with van der Waals surface area (Å²) in [4.78, 5) is 22.5. The second-order valence-electron chi connectivity index (χ2n) is 4.78. The van der Waals surface area contributed by atoms with Gasteiger partial charge in [-0.1, -0.05) is 12.1 Å². The lowest BCUT2D eigenvalue weighted by Crippen LogP contribution is -2.44. The molecule has 0 spiro atoms. The minimum absolute atomic E-state index is 0.00292. The molecule has 4 N–H and O–H groups in total. The van der Waals surface area contributed by atoms with Crippen molar-refractivity contribution in [2.45, 2.75) is 17.9 Å². The fourth-order valence-electron chi connectivity index (χ4n) is 2.40. The fraction of sp³-hybridized carbons (Fsp3) is 0.286. The summed E-state index contributed by atoms with van der Waals surface area (Å²) < 4.78 is 5.10. The lowest BCUT2D eigenvalue weighted by Gasteiger charge is -2.19. The van der Waals surface area contributed by atoms with Crippen molar-refractivity contribution in [2.24, 2.45) is 5.73 Å². The molecule has 1 aliphatic carbocycles. The molecule has 0 amide bonds. The molecule has 0 unspecified atom stereocenters. The summed E-state index contributed by atoms with van der Waals surface area (Å²) in [5.41, 5.74) is 4.78. The number of nitrogens with two attached hydrogens (primary N) is 1. The molecule has 1 aromatic carbocycles. The molecule has 1 aliphatic rings. The second-order valence-corrected chi connectivity index (χ2v) is 4.78. The fourth-order valence-corrected chi connectivity index (χ4v) is 2.40. The maximum atomic E-state index is 11.3. The Morgan fingerprint density at radius 1 is 1.40 bits per heavy atom. The van der Waals surface area contributed by atoms with Gasteiger partial charge in [-0.2, -0.15) is 0 Å². The van der Waals surface area contributed by atoms with Crippen molar-refractivity contribution < 1.29 is 24.5 Å². The third-order valence-electron chi connectivity index (χ3n) is 3.47. The third kappa shape index (κ3) is 2.37. The quantitative estimate of drug-likeness (QED) is 0.756. The average Bonchev–Trinajstić information content (AvgIpc) is 2.79. The highest BCUT2D eigenvalue weighted by Gasteiger charge is 2.44. The summed E-state index contributed by atoms with van der Waals surface area (Å²) in [6, 6.07) is 6.88. The smallest absolute Gasteiger partial charge is 0.331 e. The lowest BCUT2D eigenvalue weighted by atomic mass is 9.89. The highest BCUT2D eigenvalue weighted by Crippen LogP contribution is 2.40. The van der Waals surface area contributed by atoms with Crippen LogP contribution in [0, 0.1) is 0 Å². The molecule has 106 valence electrons. The number of hydrogen-bond acceptors (Lipinski definition) is 4. The van der Waals surface area contributed by atoms with Crippen LogP contribution in [0.1, 0.15) is 17.9 Å². The number of ether oxygens (including phenoxy) is 1. The number of carboxylic acid groups (broad SMARTS) is 2. The van der Waals surface area contributed by atoms with Crippen LogP contribution in [0.2, 0.25) is 0 Å². The molecule has 2 rings (SSSR count). The van der Waals surface area contributed by atoms with E-state index >= 15 is 0 Å². The van der Waals surface area contributed by atoms with Gasteiger partial charge in [-0.05, 0) is 30.2 Å². The van der Waals surface area contributed by atoms with Crippen LogP contribution in [0.4, 0.5) is 0 Å². The van der Waals surface area contributed by atoms with Crippen LogP contribution in [0.5, 0.6) is 5.75 Å². The zero-order chi connectivity index (χ0) is 14.9. The molecule has 0 fully saturated rings. The van der Waals surface area contributed by atoms with Crippen molar-refractivity contribution in [2.75, 3.05) is 7.11 Å². The summed E-state index contributed by atoms with van der Waals surface area (Å²) in [6.07, 6.45) is 1.14. The number of rotatable bonds is 4. The Balaban J connectivity index is 2.44. The molecule has 6 nitrogen and oxygen atoms in total. The summed E-state index contributed by atoms with van der Waals surface area (Å²) in [7, 11) is 1.51. The highest BCUT2D eigenvalue weighted by molar-refractivity contribution is 5.94. The van der Waals surface area contributed by atoms with Gasteiger partial charge in [-0.15, -0.1) is 0 Å². The topological polar surface area (TPSA) is 110 Å². The Morgan fingerprint density at radius 3 is 2.65 bits per heavy atom. The van der Waals surface area contributed by atoms with Crippen molar-refractivity contribution in [3.63, 3.8) is 0 Å². The van der Waals surface area contributed by atoms with Crippen molar-refractivity contribution in [1.29, 1.82) is 0 Å². The van der Waals surface area contributed by atoms with E-state index in [1.54, 1.807) is 24.3 Å². The highest BCUT2D eigenvalue weighted by atomic mass is 16.5. The third-order valence-corrected chi connectivity index (χ3v) is 3.47. The monoisotopic (exact) mass is 277 g/mol. The van der Waals surface area contributed by atoms with Crippen LogP contribution >= 0.6 is 0 Å². The minimum atomic E-state index is -1.65. The maximum Gasteiger partial charge on any atom is 0.331 e. The minimum Gasteiger partial charge on any atom is -0.497 e. The molecule has 0 heterocycles. The molecular weight excluding hydrogens is 262 g/mol. The molecule has 0 aromatic heterocycles. The Labute approximate surface area is 115 Å². The van der Waals surface area contributed by atoms with Crippen LogP contribution in [-0.2, 0) is 9.59 Å². The molecule has 0 radical (unpaired) electrons. The second kappa shape index (κ2) is 4.97. The van der Waals surface area contributed by atoms with Gasteiger partial charge in [0.25, 0.3) is 0 Å². The molecular formula is C14H15NO5. The largest absolute Gasteiger partial charge is 0.497 e. The summed E-state index contributed by atoms with van der Waals surface area (Å²) in [5, 5.41) is 18.4. The van der Waals surface area contributed by atoms with Gasteiger partial charge in [0.05, 0.1) is 7.11 Å². The van der Waals surface area contributed by atoms with E-state index in [2.05, 4.69) is 0 Å². The van der Waals surface area contributed by atoms with Gasteiger partial charge in [0, 0.05) is 11.5 Å². The average molecular weight is 277 g/mol. The van der Waals surface area contributed by atoms with E-state index in [1.807, 2.05) is 0 Å². The first-order valence-electron chi connectivity index (χ1n) is 5.99. The van der Waals surface area contributed by atoms with Crippen LogP contribution in [-0.4, -0.2) is 34.8 Å². The first-order chi connectivity index (χ1) is 9.37. The normalized spacial score (nSPS) is 25.1. The predicted octanol–water partition coefficient (Wildman–Crippen LogP) is 0.976. The van der Waals surface area contributed by atoms with Gasteiger partial charge in [0.15, 0.2) is 0 Å². The van der Waals surface area contributed by atoms with Gasteiger partial charge in [-0.3, -0.25) is 0 Å². The van der Waals surface area contributed by atoms with E-state index < -0.39 is 23.4 Å². The molecule has 2 atom stereocenters. The van der Waals surface area contributed by atoms with E-state index in [4.69, 9.17) is 15.6 Å². The number of carboxylic acids is 2. The van der Waals surface area contributed by atoms with Gasteiger partial charge in [0.1, 0.15) is 11.3 Å². The zero-order valence-corrected chi connectivity index (χ0v) is 10.9. The van der Waals surface area contributed by atoms with Gasteiger partial charge < -0.3 is 20.7 Å². The molecule has 20 heavy (non-hydrogen) atoms. The van der Waals surface area contributed by atoms with Crippen LogP contribution < -0.4 is 10.5 Å². The number of benzene rings is 1. The predicted molar refractivity (Wildman–Crippen MR) is 70.6 cm³/mol. The van der Waals surface area contributed by atoms with E-state index in [1.165, 1.54) is 7.11 Å². The van der Waals surface area contributed by atoms with Crippen LogP contribution in [0.25, 0.3) is 0 Å². The van der Waals surface area contributed by atoms with Crippen molar-refractivity contribution in [3.05, 3.63) is 41.5 Å². The SMILES string of the molecule is COc1cccc([C@@H]2C[C@@](N)(C(=O)O)C=C2C(=O)O)c1. The maximum absolute atomic E-state index is 11.3. The summed E-state index contributed by atoms with van der Waals surface area (Å²) in [5.74, 6) is -2.38. The van der Waals surface area contributed by atoms with Crippen LogP contribution in [0.15, 0.2) is 35.9 Å². The number of aliphatic carboxylic acids is 2. The number of methoxy groups -OCH3 is 1. The van der Waals surface area contributed by atoms with Gasteiger partial charge in [-0.25, -0.2) is 9.59 Å². The standard InChI is InChI=1S/C14H15NO5/c1-20-9-4-2-3-8(5-9)10-6-14(15,13(18)19)7-11(10)12(16)17/h2-5,7,10H,6,15H2,1H3,(H,16,17)(H,18,19)/t10-,14-/m0/s1. The van der Waals surface area contributed by atoms with Gasteiger partial charge in [0.2, 0.25) is 0 Å². The van der Waals surface area contributed by atoms with Crippen molar-refractivity contribution in [3.8, 4) is 5.75 Å². The number of carbonyl (C=O) groups is 2. The van der Waals surface area contributed by atoms with Crippen LogP contribution in [0.3, 0.4) is 0 Å². The number of hydrogen-bond donors (Lipinski definition) is 3. The van der Waals surface area contributed by atoms with E-state index in [0.717, 1.165) is 6.08 Å². The Morgan fingerprint density at radius 2 is 2.10 bits per heavy atom. The Hall–Kier alpha value is -2.34. The molecule has 1 aromatic rings. The first kappa shape index (κ1) is 14.1. The van der Waals surface area contributed by atoms with E-state index in [0.29, 0.717) is 11.3 Å². The first-order valence-corrected chi connectivity index (χ1v) is 5.99. The van der Waals surface area contributed by atoms with Crippen molar-refractivity contribution >= 4 is 11.9 Å². The molecule has 6 heteroatoms. The Kier molecular flexibility index (Phi) is 3.50. The lowest BCUT2D eigenvalue weighted by molar-refractivity contribution is -0.141. The summed E-state index contributed by atoms with van der Waals surface area (Å²) >= 11 is 0. The summed E-state index contributed by atoms with van der Waals surface area (Å²) in [6.45, 7) is 0. The van der Waals surface area contributed by atoms with Crippen molar-refractivity contribution in [1.82, 2.24) is 0 Å². The van der Waals surface area contributed by atoms with Gasteiger partial charge >= 0.3 is 11.9 Å². The zero-order valence-electron chi connectivity index (χ0n) is 10.9. The van der Waals surface area contributed by atoms with E-state index in [9.17, 15) is 14.7 Å². The molecule has 0 aliphatic heterocycles. The molecule has 0 bridgehead atoms. The molecule has 0 saturated carbocycles. The Bertz CT molecular complexity index is 595.